The molecule has 5 rings (SSSR count). The Morgan fingerprint density at radius 2 is 1.66 bits per heavy atom. The SMILES string of the molecule is CC(=O)NC1C[C@]12CN(c1ccc(Nc3ccc(Nc4ccccc4)c(=O)cc3)c(F)c1)C(=O)O2. The molecule has 3 aromatic carbocycles. The minimum Gasteiger partial charge on any atom is -0.438 e. The van der Waals surface area contributed by atoms with E-state index < -0.39 is 17.5 Å². The second-order valence-electron chi connectivity index (χ2n) is 8.66. The number of hydrogen-bond acceptors (Lipinski definition) is 6. The van der Waals surface area contributed by atoms with Crippen LogP contribution in [-0.2, 0) is 9.53 Å². The Hall–Kier alpha value is -4.40. The summed E-state index contributed by atoms with van der Waals surface area (Å²) in [6.07, 6.45) is -0.0420. The fraction of sp³-hybridized carbons (Fsp3) is 0.192. The molecule has 1 aliphatic heterocycles. The zero-order valence-corrected chi connectivity index (χ0v) is 18.9. The molecule has 2 amide bonds. The molecule has 9 heteroatoms. The first-order valence-corrected chi connectivity index (χ1v) is 11.1. The Kier molecular flexibility index (Phi) is 5.60. The molecule has 1 unspecified atom stereocenters. The highest BCUT2D eigenvalue weighted by Gasteiger charge is 2.64. The van der Waals surface area contributed by atoms with Crippen LogP contribution in [0.5, 0.6) is 0 Å². The Morgan fingerprint density at radius 1 is 0.971 bits per heavy atom. The van der Waals surface area contributed by atoms with Gasteiger partial charge in [-0.15, -0.1) is 0 Å². The summed E-state index contributed by atoms with van der Waals surface area (Å²) in [7, 11) is 0. The van der Waals surface area contributed by atoms with E-state index in [-0.39, 0.29) is 29.6 Å². The Balaban J connectivity index is 1.30. The van der Waals surface area contributed by atoms with E-state index in [1.165, 1.54) is 30.0 Å². The predicted octanol–water partition coefficient (Wildman–Crippen LogP) is 4.28. The van der Waals surface area contributed by atoms with Crippen molar-refractivity contribution in [3.8, 4) is 0 Å². The van der Waals surface area contributed by atoms with Crippen molar-refractivity contribution in [2.24, 2.45) is 0 Å². The van der Waals surface area contributed by atoms with E-state index in [1.807, 2.05) is 30.3 Å². The van der Waals surface area contributed by atoms with Crippen molar-refractivity contribution in [1.29, 1.82) is 0 Å². The van der Waals surface area contributed by atoms with Crippen LogP contribution < -0.4 is 26.3 Å². The van der Waals surface area contributed by atoms with Crippen LogP contribution in [0, 0.1) is 5.82 Å². The van der Waals surface area contributed by atoms with Crippen molar-refractivity contribution in [1.82, 2.24) is 5.32 Å². The van der Waals surface area contributed by atoms with Gasteiger partial charge in [-0.05, 0) is 54.6 Å². The van der Waals surface area contributed by atoms with Crippen LogP contribution in [0.1, 0.15) is 13.3 Å². The quantitative estimate of drug-likeness (QED) is 0.493. The van der Waals surface area contributed by atoms with Crippen molar-refractivity contribution in [3.63, 3.8) is 0 Å². The minimum absolute atomic E-state index is 0.190. The fourth-order valence-electron chi connectivity index (χ4n) is 4.15. The number of amides is 2. The first-order valence-electron chi connectivity index (χ1n) is 11.1. The van der Waals surface area contributed by atoms with E-state index in [1.54, 1.807) is 24.3 Å². The summed E-state index contributed by atoms with van der Waals surface area (Å²) >= 11 is 0. The van der Waals surface area contributed by atoms with Gasteiger partial charge < -0.3 is 20.7 Å². The third-order valence-electron chi connectivity index (χ3n) is 6.04. The summed E-state index contributed by atoms with van der Waals surface area (Å²) in [5.41, 5.74) is 1.27. The molecule has 1 spiro atoms. The van der Waals surface area contributed by atoms with E-state index in [0.29, 0.717) is 23.5 Å². The van der Waals surface area contributed by atoms with Gasteiger partial charge >= 0.3 is 6.09 Å². The molecular formula is C26H23FN4O4. The topological polar surface area (TPSA) is 99.8 Å². The zero-order valence-electron chi connectivity index (χ0n) is 18.9. The number of carbonyl (C=O) groups is 2. The van der Waals surface area contributed by atoms with Gasteiger partial charge in [0.15, 0.2) is 5.60 Å². The molecule has 2 fully saturated rings. The van der Waals surface area contributed by atoms with E-state index in [2.05, 4.69) is 16.0 Å². The maximum atomic E-state index is 14.9. The predicted molar refractivity (Wildman–Crippen MR) is 131 cm³/mol. The number of ether oxygens (including phenoxy) is 1. The lowest BCUT2D eigenvalue weighted by molar-refractivity contribution is -0.119. The van der Waals surface area contributed by atoms with Crippen molar-refractivity contribution in [2.75, 3.05) is 22.1 Å². The van der Waals surface area contributed by atoms with Gasteiger partial charge in [-0.3, -0.25) is 14.5 Å². The molecule has 3 N–H and O–H groups in total. The molecule has 178 valence electrons. The lowest BCUT2D eigenvalue weighted by Crippen LogP contribution is -2.33. The summed E-state index contributed by atoms with van der Waals surface area (Å²) in [5, 5.41) is 8.81. The van der Waals surface area contributed by atoms with Gasteiger partial charge in [-0.2, -0.15) is 0 Å². The second-order valence-corrected chi connectivity index (χ2v) is 8.66. The highest BCUT2D eigenvalue weighted by Crippen LogP contribution is 2.46. The lowest BCUT2D eigenvalue weighted by Gasteiger charge is -2.15. The number of rotatable bonds is 6. The molecule has 0 bridgehead atoms. The standard InChI is InChI=1S/C26H23FN4O4/c1-16(32)28-24-14-26(24)15-31(25(34)35-26)19-9-11-21(20(27)13-19)29-18-7-10-22(23(33)12-8-18)30-17-5-3-2-4-6-17/h2-13,24,29H,14-15H2,1H3,(H,28,32)(H,30,33)/t24?,26-/m0/s1. The van der Waals surface area contributed by atoms with Crippen molar-refractivity contribution < 1.29 is 18.7 Å². The Labute approximate surface area is 200 Å². The summed E-state index contributed by atoms with van der Waals surface area (Å²) in [6.45, 7) is 1.65. The van der Waals surface area contributed by atoms with E-state index in [4.69, 9.17) is 4.74 Å². The number of carbonyl (C=O) groups excluding carboxylic acids is 2. The van der Waals surface area contributed by atoms with Crippen LogP contribution in [0.3, 0.4) is 0 Å². The van der Waals surface area contributed by atoms with Crippen molar-refractivity contribution in [3.05, 3.63) is 88.8 Å². The lowest BCUT2D eigenvalue weighted by atomic mass is 10.2. The average molecular weight is 474 g/mol. The van der Waals surface area contributed by atoms with E-state index in [9.17, 15) is 18.8 Å². The zero-order chi connectivity index (χ0) is 24.6. The maximum Gasteiger partial charge on any atom is 0.415 e. The third kappa shape index (κ3) is 4.65. The highest BCUT2D eigenvalue weighted by atomic mass is 19.1. The monoisotopic (exact) mass is 474 g/mol. The number of nitrogens with one attached hydrogen (secondary N) is 3. The van der Waals surface area contributed by atoms with Crippen LogP contribution in [0.4, 0.5) is 37.6 Å². The maximum absolute atomic E-state index is 14.9. The van der Waals surface area contributed by atoms with Crippen molar-refractivity contribution >= 4 is 40.4 Å². The number of anilines is 5. The first kappa shape index (κ1) is 22.4. The minimum atomic E-state index is -0.754. The van der Waals surface area contributed by atoms with Gasteiger partial charge in [0, 0.05) is 24.7 Å². The van der Waals surface area contributed by atoms with Gasteiger partial charge in [0.05, 0.1) is 29.6 Å². The smallest absolute Gasteiger partial charge is 0.415 e. The molecule has 2 aliphatic rings. The molecular weight excluding hydrogens is 451 g/mol. The van der Waals surface area contributed by atoms with Gasteiger partial charge in [0.2, 0.25) is 11.3 Å². The molecule has 1 aliphatic carbocycles. The van der Waals surface area contributed by atoms with Crippen molar-refractivity contribution in [2.45, 2.75) is 25.0 Å². The molecule has 1 saturated heterocycles. The molecule has 35 heavy (non-hydrogen) atoms. The van der Waals surface area contributed by atoms with Crippen LogP contribution in [0.2, 0.25) is 0 Å². The van der Waals surface area contributed by atoms with Crippen LogP contribution in [0.25, 0.3) is 0 Å². The fourth-order valence-corrected chi connectivity index (χ4v) is 4.15. The van der Waals surface area contributed by atoms with Gasteiger partial charge in [-0.25, -0.2) is 9.18 Å². The number of halogens is 1. The average Bonchev–Trinajstić information content (AvgIpc) is 3.41. The Bertz CT molecular complexity index is 1370. The molecule has 2 atom stereocenters. The molecule has 0 radical (unpaired) electrons. The second kappa shape index (κ2) is 8.75. The van der Waals surface area contributed by atoms with Crippen LogP contribution >= 0.6 is 0 Å². The highest BCUT2D eigenvalue weighted by molar-refractivity contribution is 5.91. The summed E-state index contributed by atoms with van der Waals surface area (Å²) in [5.74, 6) is -0.758. The van der Waals surface area contributed by atoms with Gasteiger partial charge in [0.25, 0.3) is 0 Å². The summed E-state index contributed by atoms with van der Waals surface area (Å²) in [4.78, 5) is 37.5. The first-order chi connectivity index (χ1) is 16.8. The van der Waals surface area contributed by atoms with Gasteiger partial charge in [-0.1, -0.05) is 18.2 Å². The molecule has 3 aromatic rings. The van der Waals surface area contributed by atoms with E-state index in [0.717, 1.165) is 5.69 Å². The third-order valence-corrected chi connectivity index (χ3v) is 6.04. The molecule has 1 saturated carbocycles. The number of hydrogen-bond donors (Lipinski definition) is 3. The van der Waals surface area contributed by atoms with Gasteiger partial charge in [0.1, 0.15) is 5.82 Å². The van der Waals surface area contributed by atoms with Crippen LogP contribution in [-0.4, -0.2) is 30.2 Å². The number of nitrogens with zero attached hydrogens (tertiary/aromatic N) is 1. The molecule has 8 nitrogen and oxygen atoms in total. The van der Waals surface area contributed by atoms with E-state index >= 15 is 0 Å². The Morgan fingerprint density at radius 3 is 2.40 bits per heavy atom. The van der Waals surface area contributed by atoms with Crippen LogP contribution in [0.15, 0.2) is 77.6 Å². The largest absolute Gasteiger partial charge is 0.438 e. The number of benzene rings is 2. The molecule has 1 heterocycles. The summed E-state index contributed by atoms with van der Waals surface area (Å²) < 4.78 is 20.4. The number of para-hydroxylation sites is 1. The molecule has 0 aromatic heterocycles. The summed E-state index contributed by atoms with van der Waals surface area (Å²) in [6, 6.07) is 19.8. The normalized spacial score (nSPS) is 20.3.